The molecule has 0 radical (unpaired) electrons. The molecule has 0 fully saturated rings. The Labute approximate surface area is 122 Å². The third-order valence-electron chi connectivity index (χ3n) is 2.09. The number of nitrogens with zero attached hydrogens (tertiary/aromatic N) is 2. The monoisotopic (exact) mass is 308 g/mol. The number of rotatable bonds is 6. The average Bonchev–Trinajstić information content (AvgIpc) is 2.47. The Bertz CT molecular complexity index is 602. The summed E-state index contributed by atoms with van der Waals surface area (Å²) < 4.78 is 4.63. The molecule has 0 unspecified atom stereocenters. The molecule has 0 aromatic carbocycles. The van der Waals surface area contributed by atoms with Crippen LogP contribution in [0.4, 0.5) is 0 Å². The van der Waals surface area contributed by atoms with Gasteiger partial charge in [-0.2, -0.15) is 0 Å². The van der Waals surface area contributed by atoms with Gasteiger partial charge in [-0.3, -0.25) is 4.79 Å². The second-order valence-electron chi connectivity index (χ2n) is 3.40. The maximum absolute atomic E-state index is 10.7. The van der Waals surface area contributed by atoms with Crippen molar-refractivity contribution in [1.29, 1.82) is 0 Å². The minimum absolute atomic E-state index is 0.146. The summed E-state index contributed by atoms with van der Waals surface area (Å²) in [6.07, 6.45) is 2.75. The average molecular weight is 308 g/mol. The molecule has 0 bridgehead atoms. The van der Waals surface area contributed by atoms with Gasteiger partial charge >= 0.3 is 5.97 Å². The molecule has 0 spiro atoms. The minimum Gasteiger partial charge on any atom is -0.478 e. The standard InChI is InChI=1S/C12H8N2O4S2/c15-7-18-9-2-4-11(14-6-9)20-19-10-3-1-8(5-13-10)12(16)17/h1-7H,(H,16,17). The van der Waals surface area contributed by atoms with Gasteiger partial charge in [-0.15, -0.1) is 0 Å². The Kier molecular flexibility index (Phi) is 4.97. The predicted molar refractivity (Wildman–Crippen MR) is 73.8 cm³/mol. The van der Waals surface area contributed by atoms with Crippen LogP contribution in [0.25, 0.3) is 0 Å². The first-order chi connectivity index (χ1) is 9.69. The zero-order chi connectivity index (χ0) is 14.4. The molecule has 0 aliphatic heterocycles. The summed E-state index contributed by atoms with van der Waals surface area (Å²) in [5.41, 5.74) is 0.146. The maximum Gasteiger partial charge on any atom is 0.337 e. The molecule has 0 saturated carbocycles. The lowest BCUT2D eigenvalue weighted by Gasteiger charge is -2.01. The van der Waals surface area contributed by atoms with Gasteiger partial charge in [0.1, 0.15) is 15.8 Å². The van der Waals surface area contributed by atoms with E-state index >= 15 is 0 Å². The van der Waals surface area contributed by atoms with Crippen molar-refractivity contribution in [2.75, 3.05) is 0 Å². The molecule has 102 valence electrons. The second kappa shape index (κ2) is 6.92. The Morgan fingerprint density at radius 2 is 1.75 bits per heavy atom. The summed E-state index contributed by atoms with van der Waals surface area (Å²) in [5, 5.41) is 10.2. The zero-order valence-electron chi connectivity index (χ0n) is 9.92. The topological polar surface area (TPSA) is 89.4 Å². The van der Waals surface area contributed by atoms with Gasteiger partial charge in [0.05, 0.1) is 11.8 Å². The van der Waals surface area contributed by atoms with E-state index in [1.807, 2.05) is 0 Å². The highest BCUT2D eigenvalue weighted by Gasteiger charge is 2.05. The van der Waals surface area contributed by atoms with E-state index in [-0.39, 0.29) is 5.56 Å². The lowest BCUT2D eigenvalue weighted by molar-refractivity contribution is -0.120. The fourth-order valence-corrected chi connectivity index (χ4v) is 2.90. The Morgan fingerprint density at radius 3 is 2.20 bits per heavy atom. The molecule has 2 heterocycles. The van der Waals surface area contributed by atoms with Crippen molar-refractivity contribution in [2.45, 2.75) is 10.1 Å². The zero-order valence-corrected chi connectivity index (χ0v) is 11.6. The highest BCUT2D eigenvalue weighted by molar-refractivity contribution is 8.76. The first-order valence-corrected chi connectivity index (χ1v) is 7.44. The van der Waals surface area contributed by atoms with Gasteiger partial charge in [0, 0.05) is 6.20 Å². The van der Waals surface area contributed by atoms with Crippen LogP contribution >= 0.6 is 21.6 Å². The highest BCUT2D eigenvalue weighted by Crippen LogP contribution is 2.35. The third kappa shape index (κ3) is 3.97. The summed E-state index contributed by atoms with van der Waals surface area (Å²) in [6.45, 7) is 0.340. The number of carboxylic acids is 1. The van der Waals surface area contributed by atoms with Crippen LogP contribution in [0.15, 0.2) is 46.7 Å². The molecule has 8 heteroatoms. The van der Waals surface area contributed by atoms with Gasteiger partial charge in [-0.1, -0.05) is 0 Å². The number of aromatic carboxylic acids is 1. The molecule has 0 aliphatic rings. The molecule has 20 heavy (non-hydrogen) atoms. The molecule has 2 rings (SSSR count). The number of hydrogen-bond donors (Lipinski definition) is 1. The van der Waals surface area contributed by atoms with Crippen molar-refractivity contribution in [1.82, 2.24) is 9.97 Å². The van der Waals surface area contributed by atoms with Crippen molar-refractivity contribution in [3.8, 4) is 5.75 Å². The van der Waals surface area contributed by atoms with Crippen LogP contribution in [0.1, 0.15) is 10.4 Å². The van der Waals surface area contributed by atoms with E-state index in [0.717, 1.165) is 5.03 Å². The normalized spacial score (nSPS) is 10.0. The van der Waals surface area contributed by atoms with Crippen molar-refractivity contribution >= 4 is 34.0 Å². The Hall–Kier alpha value is -2.06. The molecule has 0 amide bonds. The Morgan fingerprint density at radius 1 is 1.10 bits per heavy atom. The van der Waals surface area contributed by atoms with Crippen LogP contribution in [-0.2, 0) is 4.79 Å². The van der Waals surface area contributed by atoms with Crippen LogP contribution in [0, 0.1) is 0 Å². The van der Waals surface area contributed by atoms with Crippen molar-refractivity contribution < 1.29 is 19.4 Å². The van der Waals surface area contributed by atoms with Gasteiger partial charge in [0.15, 0.2) is 0 Å². The number of pyridine rings is 2. The molecular weight excluding hydrogens is 300 g/mol. The van der Waals surface area contributed by atoms with E-state index in [2.05, 4.69) is 14.7 Å². The molecule has 0 aliphatic carbocycles. The first kappa shape index (κ1) is 14.4. The van der Waals surface area contributed by atoms with E-state index < -0.39 is 5.97 Å². The van der Waals surface area contributed by atoms with Gasteiger partial charge in [0.2, 0.25) is 0 Å². The summed E-state index contributed by atoms with van der Waals surface area (Å²) >= 11 is 0. The SMILES string of the molecule is O=COc1ccc(SSc2ccc(C(=O)O)cn2)nc1. The van der Waals surface area contributed by atoms with Crippen LogP contribution in [-0.4, -0.2) is 27.5 Å². The van der Waals surface area contributed by atoms with Gasteiger partial charge in [-0.05, 0) is 45.9 Å². The number of carbonyl (C=O) groups excluding carboxylic acids is 1. The fourth-order valence-electron chi connectivity index (χ4n) is 1.18. The van der Waals surface area contributed by atoms with Crippen molar-refractivity contribution in [3.05, 3.63) is 42.2 Å². The van der Waals surface area contributed by atoms with E-state index in [1.54, 1.807) is 18.2 Å². The quantitative estimate of drug-likeness (QED) is 0.643. The summed E-state index contributed by atoms with van der Waals surface area (Å²) in [7, 11) is 2.72. The van der Waals surface area contributed by atoms with Gasteiger partial charge in [0.25, 0.3) is 6.47 Å². The molecule has 0 saturated heterocycles. The van der Waals surface area contributed by atoms with Crippen LogP contribution in [0.3, 0.4) is 0 Å². The van der Waals surface area contributed by atoms with E-state index in [9.17, 15) is 9.59 Å². The lowest BCUT2D eigenvalue weighted by Crippen LogP contribution is -1.96. The molecule has 2 aromatic heterocycles. The number of ether oxygens (including phenoxy) is 1. The Balaban J connectivity index is 1.94. The largest absolute Gasteiger partial charge is 0.478 e. The fraction of sp³-hybridized carbons (Fsp3) is 0. The van der Waals surface area contributed by atoms with Gasteiger partial charge in [-0.25, -0.2) is 14.8 Å². The molecule has 0 atom stereocenters. The predicted octanol–water partition coefficient (Wildman–Crippen LogP) is 2.51. The number of carbonyl (C=O) groups is 2. The molecule has 1 N–H and O–H groups in total. The van der Waals surface area contributed by atoms with Gasteiger partial charge < -0.3 is 9.84 Å². The molecular formula is C12H8N2O4S2. The summed E-state index contributed by atoms with van der Waals surface area (Å²) in [4.78, 5) is 28.9. The summed E-state index contributed by atoms with van der Waals surface area (Å²) in [5.74, 6) is -0.632. The first-order valence-electron chi connectivity index (χ1n) is 5.29. The number of carboxylic acid groups (broad SMARTS) is 1. The minimum atomic E-state index is -1.01. The van der Waals surface area contributed by atoms with Crippen molar-refractivity contribution in [2.24, 2.45) is 0 Å². The highest BCUT2D eigenvalue weighted by atomic mass is 33.1. The van der Waals surface area contributed by atoms with E-state index in [4.69, 9.17) is 5.11 Å². The number of aromatic nitrogens is 2. The number of hydrogen-bond acceptors (Lipinski definition) is 7. The van der Waals surface area contributed by atoms with Crippen molar-refractivity contribution in [3.63, 3.8) is 0 Å². The summed E-state index contributed by atoms with van der Waals surface area (Å²) in [6, 6.07) is 6.46. The second-order valence-corrected chi connectivity index (χ2v) is 5.57. The molecule has 6 nitrogen and oxygen atoms in total. The maximum atomic E-state index is 10.7. The van der Waals surface area contributed by atoms with E-state index in [0.29, 0.717) is 17.2 Å². The molecule has 2 aromatic rings. The third-order valence-corrected chi connectivity index (χ3v) is 4.27. The lowest BCUT2D eigenvalue weighted by atomic mass is 10.3. The van der Waals surface area contributed by atoms with Crippen LogP contribution in [0.5, 0.6) is 5.75 Å². The van der Waals surface area contributed by atoms with Crippen LogP contribution < -0.4 is 4.74 Å². The van der Waals surface area contributed by atoms with Crippen LogP contribution in [0.2, 0.25) is 0 Å². The van der Waals surface area contributed by atoms with E-state index in [1.165, 1.54) is 40.0 Å². The smallest absolute Gasteiger partial charge is 0.337 e.